The zero-order chi connectivity index (χ0) is 30.3. The number of Topliss-reactive ketones (excluding diaryl/α,β-unsaturated/α-hetero) is 1. The van der Waals surface area contributed by atoms with Crippen LogP contribution in [0.5, 0.6) is 11.5 Å². The summed E-state index contributed by atoms with van der Waals surface area (Å²) in [5.41, 5.74) is -0.0331. The van der Waals surface area contributed by atoms with Crippen LogP contribution in [0.2, 0.25) is 0 Å². The molecule has 0 spiro atoms. The Morgan fingerprint density at radius 1 is 1.00 bits per heavy atom. The first-order chi connectivity index (χ1) is 20.1. The topological polar surface area (TPSA) is 82.1 Å². The Labute approximate surface area is 250 Å². The van der Waals surface area contributed by atoms with Gasteiger partial charge in [0.15, 0.2) is 23.0 Å². The lowest BCUT2D eigenvalue weighted by atomic mass is 9.85. The molecule has 3 aromatic carbocycles. The predicted molar refractivity (Wildman–Crippen MR) is 160 cm³/mol. The molecule has 0 radical (unpaired) electrons. The highest BCUT2D eigenvalue weighted by Crippen LogP contribution is 2.33. The molecule has 1 aliphatic rings. The van der Waals surface area contributed by atoms with Crippen molar-refractivity contribution in [1.29, 1.82) is 0 Å². The highest BCUT2D eigenvalue weighted by atomic mass is 32.2. The van der Waals surface area contributed by atoms with Crippen molar-refractivity contribution in [3.05, 3.63) is 89.7 Å². The van der Waals surface area contributed by atoms with Crippen LogP contribution < -0.4 is 9.47 Å². The maximum absolute atomic E-state index is 15.0. The number of ether oxygens (including phenoxy) is 3. The zero-order valence-electron chi connectivity index (χ0n) is 24.3. The molecule has 1 heterocycles. The molecule has 7 nitrogen and oxygen atoms in total. The van der Waals surface area contributed by atoms with E-state index < -0.39 is 29.4 Å². The van der Waals surface area contributed by atoms with Gasteiger partial charge in [-0.3, -0.25) is 4.79 Å². The Hall–Kier alpha value is -3.85. The van der Waals surface area contributed by atoms with Crippen LogP contribution in [0.15, 0.2) is 77.7 Å². The molecular weight excluding hydrogens is 557 g/mol. The summed E-state index contributed by atoms with van der Waals surface area (Å²) in [5, 5.41) is 0. The number of esters is 1. The van der Waals surface area contributed by atoms with E-state index in [2.05, 4.69) is 0 Å². The number of hydrogen-bond acceptors (Lipinski definition) is 7. The van der Waals surface area contributed by atoms with Gasteiger partial charge in [-0.05, 0) is 87.7 Å². The van der Waals surface area contributed by atoms with E-state index in [-0.39, 0.29) is 30.6 Å². The number of para-hydroxylation sites is 1. The summed E-state index contributed by atoms with van der Waals surface area (Å²) in [6.45, 7) is 5.53. The number of likely N-dealkylation sites (tertiary alicyclic amines) is 1. The largest absolute Gasteiger partial charge is 0.473 e. The number of rotatable bonds is 11. The summed E-state index contributed by atoms with van der Waals surface area (Å²) in [7, 11) is 0. The van der Waals surface area contributed by atoms with Gasteiger partial charge in [0.1, 0.15) is 5.75 Å². The van der Waals surface area contributed by atoms with E-state index in [0.717, 1.165) is 10.5 Å². The summed E-state index contributed by atoms with van der Waals surface area (Å²) in [5.74, 6) is -1.39. The number of thioether (sulfide) groups is 1. The molecule has 0 bridgehead atoms. The van der Waals surface area contributed by atoms with Crippen LogP contribution in [0.25, 0.3) is 0 Å². The van der Waals surface area contributed by atoms with Crippen LogP contribution in [0.3, 0.4) is 0 Å². The van der Waals surface area contributed by atoms with Gasteiger partial charge in [-0.25, -0.2) is 14.0 Å². The molecule has 4 rings (SSSR count). The Bertz CT molecular complexity index is 1400. The second kappa shape index (κ2) is 13.9. The van der Waals surface area contributed by atoms with Gasteiger partial charge >= 0.3 is 12.1 Å². The molecule has 0 saturated carbocycles. The average molecular weight is 594 g/mol. The van der Waals surface area contributed by atoms with Crippen LogP contribution in [0.4, 0.5) is 9.18 Å². The Kier molecular flexibility index (Phi) is 10.3. The van der Waals surface area contributed by atoms with Crippen molar-refractivity contribution in [2.45, 2.75) is 44.1 Å². The fourth-order valence-electron chi connectivity index (χ4n) is 4.99. The fourth-order valence-corrected chi connectivity index (χ4v) is 5.40. The van der Waals surface area contributed by atoms with Gasteiger partial charge in [-0.1, -0.05) is 36.4 Å². The van der Waals surface area contributed by atoms with Crippen LogP contribution in [0, 0.1) is 17.7 Å². The van der Waals surface area contributed by atoms with Crippen molar-refractivity contribution in [3.63, 3.8) is 0 Å². The highest BCUT2D eigenvalue weighted by molar-refractivity contribution is 7.98. The molecule has 0 aliphatic carbocycles. The van der Waals surface area contributed by atoms with E-state index >= 15 is 0 Å². The molecule has 2 atom stereocenters. The number of benzene rings is 3. The maximum atomic E-state index is 15.0. The first kappa shape index (κ1) is 31.1. The van der Waals surface area contributed by atoms with Crippen molar-refractivity contribution in [2.24, 2.45) is 11.8 Å². The molecule has 1 saturated heterocycles. The number of carbonyl (C=O) groups is 3. The lowest BCUT2D eigenvalue weighted by molar-refractivity contribution is -0.158. The Morgan fingerprint density at radius 3 is 2.36 bits per heavy atom. The van der Waals surface area contributed by atoms with E-state index in [1.54, 1.807) is 53.9 Å². The number of hydrogen-bond donors (Lipinski definition) is 0. The number of carbonyl (C=O) groups excluding carboxylic acids is 3. The van der Waals surface area contributed by atoms with Crippen LogP contribution in [-0.4, -0.2) is 54.3 Å². The number of ketones is 1. The lowest BCUT2D eigenvalue weighted by Gasteiger charge is -2.24. The summed E-state index contributed by atoms with van der Waals surface area (Å²) in [6, 6.07) is 20.9. The molecule has 1 amide bonds. The molecule has 0 aromatic heterocycles. The third kappa shape index (κ3) is 7.70. The van der Waals surface area contributed by atoms with Gasteiger partial charge in [0.2, 0.25) is 0 Å². The fraction of sp³-hybridized carbons (Fsp3) is 0.364. The van der Waals surface area contributed by atoms with Crippen molar-refractivity contribution in [2.75, 3.05) is 26.0 Å². The molecule has 0 N–H and O–H groups in total. The highest BCUT2D eigenvalue weighted by Gasteiger charge is 2.40. The van der Waals surface area contributed by atoms with E-state index in [9.17, 15) is 18.8 Å². The summed E-state index contributed by atoms with van der Waals surface area (Å²) < 4.78 is 31.2. The minimum atomic E-state index is -1.35. The Balaban J connectivity index is 1.47. The second-order valence-corrected chi connectivity index (χ2v) is 11.6. The van der Waals surface area contributed by atoms with E-state index in [4.69, 9.17) is 14.2 Å². The molecule has 9 heteroatoms. The predicted octanol–water partition coefficient (Wildman–Crippen LogP) is 6.83. The molecule has 1 fully saturated rings. The van der Waals surface area contributed by atoms with Crippen molar-refractivity contribution >= 4 is 29.6 Å². The third-order valence-corrected chi connectivity index (χ3v) is 8.03. The minimum Gasteiger partial charge on any atom is -0.473 e. The number of amides is 1. The lowest BCUT2D eigenvalue weighted by Crippen LogP contribution is -2.40. The normalized spacial score (nSPS) is 16.6. The van der Waals surface area contributed by atoms with Crippen LogP contribution in [0.1, 0.15) is 43.1 Å². The van der Waals surface area contributed by atoms with Crippen LogP contribution >= 0.6 is 11.8 Å². The van der Waals surface area contributed by atoms with Crippen molar-refractivity contribution in [1.82, 2.24) is 4.90 Å². The zero-order valence-corrected chi connectivity index (χ0v) is 25.1. The Morgan fingerprint density at radius 2 is 1.71 bits per heavy atom. The third-order valence-electron chi connectivity index (χ3n) is 7.29. The van der Waals surface area contributed by atoms with Crippen LogP contribution in [-0.2, 0) is 16.0 Å². The van der Waals surface area contributed by atoms with Gasteiger partial charge in [0.25, 0.3) is 0 Å². The molecule has 222 valence electrons. The molecule has 42 heavy (non-hydrogen) atoms. The quantitative estimate of drug-likeness (QED) is 0.137. The van der Waals surface area contributed by atoms with Gasteiger partial charge in [-0.2, -0.15) is 0 Å². The molecule has 0 unspecified atom stereocenters. The summed E-state index contributed by atoms with van der Waals surface area (Å²) >= 11 is 1.60. The van der Waals surface area contributed by atoms with Crippen molar-refractivity contribution < 1.29 is 33.0 Å². The van der Waals surface area contributed by atoms with E-state index in [1.165, 1.54) is 26.0 Å². The van der Waals surface area contributed by atoms with Crippen molar-refractivity contribution in [3.8, 4) is 11.5 Å². The standard InChI is InChI=1S/C33H36FNO6S/c1-5-39-31(37)33(2,3)41-29-18-12-22(19-28(29)34)11-13-24-20-35(32(38)40-25-9-7-6-8-10-25)21-27(24)30(36)23-14-16-26(42-4)17-15-23/h6-10,12,14-19,24,27H,5,11,13,20-21H2,1-4H3/t24-,27-/m0/s1. The van der Waals surface area contributed by atoms with E-state index in [0.29, 0.717) is 30.7 Å². The monoisotopic (exact) mass is 593 g/mol. The van der Waals surface area contributed by atoms with Gasteiger partial charge in [-0.15, -0.1) is 11.8 Å². The SMILES string of the molecule is CCOC(=O)C(C)(C)Oc1ccc(CC[C@H]2CN(C(=O)Oc3ccccc3)C[C@@H]2C(=O)c2ccc(SC)cc2)cc1F. The van der Waals surface area contributed by atoms with E-state index in [1.807, 2.05) is 36.6 Å². The number of halogens is 1. The minimum absolute atomic E-state index is 0.0289. The van der Waals surface area contributed by atoms with Gasteiger partial charge < -0.3 is 19.1 Å². The maximum Gasteiger partial charge on any atom is 0.415 e. The molecule has 3 aromatic rings. The smallest absolute Gasteiger partial charge is 0.415 e. The first-order valence-corrected chi connectivity index (χ1v) is 15.2. The number of aryl methyl sites for hydroxylation is 1. The second-order valence-electron chi connectivity index (χ2n) is 10.7. The summed E-state index contributed by atoms with van der Waals surface area (Å²) in [6.07, 6.45) is 2.52. The number of nitrogens with zero attached hydrogens (tertiary/aromatic N) is 1. The van der Waals surface area contributed by atoms with Gasteiger partial charge in [0, 0.05) is 29.5 Å². The summed E-state index contributed by atoms with van der Waals surface area (Å²) in [4.78, 5) is 41.4. The molecular formula is C33H36FNO6S. The average Bonchev–Trinajstić information content (AvgIpc) is 3.42. The molecule has 1 aliphatic heterocycles. The first-order valence-electron chi connectivity index (χ1n) is 14.0. The van der Waals surface area contributed by atoms with Gasteiger partial charge in [0.05, 0.1) is 6.61 Å².